The molecule has 1 aromatic rings. The Balaban J connectivity index is 1.71. The first-order valence-corrected chi connectivity index (χ1v) is 7.98. The number of carbonyl (C=O) groups is 1. The summed E-state index contributed by atoms with van der Waals surface area (Å²) in [6.45, 7) is 5.09. The molecule has 1 N–H and O–H groups in total. The Morgan fingerprint density at radius 2 is 2.10 bits per heavy atom. The highest BCUT2D eigenvalue weighted by Gasteiger charge is 2.31. The molecule has 0 bridgehead atoms. The van der Waals surface area contributed by atoms with Gasteiger partial charge in [-0.1, -0.05) is 18.2 Å². The molecule has 4 nitrogen and oxygen atoms in total. The highest BCUT2D eigenvalue weighted by molar-refractivity contribution is 5.86. The van der Waals surface area contributed by atoms with Gasteiger partial charge < -0.3 is 15.1 Å². The van der Waals surface area contributed by atoms with Gasteiger partial charge in [0.25, 0.3) is 0 Å². The number of benzene rings is 1. The molecular formula is C17H25N3O. The van der Waals surface area contributed by atoms with Crippen molar-refractivity contribution in [2.45, 2.75) is 38.3 Å². The summed E-state index contributed by atoms with van der Waals surface area (Å²) in [4.78, 5) is 17.3. The zero-order valence-corrected chi connectivity index (χ0v) is 13.0. The van der Waals surface area contributed by atoms with E-state index in [9.17, 15) is 4.79 Å². The van der Waals surface area contributed by atoms with Crippen molar-refractivity contribution in [2.75, 3.05) is 32.0 Å². The zero-order chi connectivity index (χ0) is 14.8. The average molecular weight is 287 g/mol. The molecule has 3 rings (SSSR count). The van der Waals surface area contributed by atoms with E-state index in [2.05, 4.69) is 47.3 Å². The topological polar surface area (TPSA) is 35.6 Å². The van der Waals surface area contributed by atoms with Crippen molar-refractivity contribution in [3.8, 4) is 0 Å². The van der Waals surface area contributed by atoms with Crippen LogP contribution in [-0.2, 0) is 11.2 Å². The van der Waals surface area contributed by atoms with Gasteiger partial charge in [0, 0.05) is 24.8 Å². The number of nitrogens with one attached hydrogen (secondary N) is 1. The molecule has 0 radical (unpaired) electrons. The second-order valence-corrected chi connectivity index (χ2v) is 6.39. The lowest BCUT2D eigenvalue weighted by Crippen LogP contribution is -2.49. The second kappa shape index (κ2) is 6.06. The Kier molecular flexibility index (Phi) is 4.15. The minimum Gasteiger partial charge on any atom is -0.373 e. The standard InChI is InChI=1S/C17H25N3O/c1-13-12-19(2)10-5-11-20(13)17(21)16-9-8-14-6-3-4-7-15(14)18-16/h3-4,6-7,13,16,18H,5,8-12H2,1-2H3. The molecule has 1 fully saturated rings. The predicted molar refractivity (Wildman–Crippen MR) is 85.5 cm³/mol. The molecule has 114 valence electrons. The Hall–Kier alpha value is -1.55. The number of hydrogen-bond acceptors (Lipinski definition) is 3. The number of fused-ring (bicyclic) bond motifs is 1. The fourth-order valence-corrected chi connectivity index (χ4v) is 3.52. The molecule has 4 heteroatoms. The van der Waals surface area contributed by atoms with Crippen LogP contribution in [0.15, 0.2) is 24.3 Å². The SMILES string of the molecule is CC1CN(C)CCCN1C(=O)C1CCc2ccccc2N1. The minimum absolute atomic E-state index is 0.0641. The fourth-order valence-electron chi connectivity index (χ4n) is 3.52. The number of anilines is 1. The lowest BCUT2D eigenvalue weighted by Gasteiger charge is -2.34. The normalized spacial score (nSPS) is 26.7. The third-order valence-electron chi connectivity index (χ3n) is 4.68. The number of likely N-dealkylation sites (N-methyl/N-ethyl adjacent to an activating group) is 1. The van der Waals surface area contributed by atoms with Crippen LogP contribution in [0.25, 0.3) is 0 Å². The number of hydrogen-bond donors (Lipinski definition) is 1. The lowest BCUT2D eigenvalue weighted by molar-refractivity contribution is -0.134. The van der Waals surface area contributed by atoms with Crippen LogP contribution in [0.2, 0.25) is 0 Å². The van der Waals surface area contributed by atoms with Crippen molar-refractivity contribution in [1.29, 1.82) is 0 Å². The van der Waals surface area contributed by atoms with Crippen LogP contribution in [0, 0.1) is 0 Å². The van der Waals surface area contributed by atoms with Gasteiger partial charge in [-0.3, -0.25) is 4.79 Å². The first-order valence-electron chi connectivity index (χ1n) is 7.98. The molecule has 2 heterocycles. The van der Waals surface area contributed by atoms with Crippen LogP contribution < -0.4 is 5.32 Å². The molecule has 1 saturated heterocycles. The van der Waals surface area contributed by atoms with Gasteiger partial charge >= 0.3 is 0 Å². The van der Waals surface area contributed by atoms with E-state index in [1.54, 1.807) is 0 Å². The first-order chi connectivity index (χ1) is 10.1. The van der Waals surface area contributed by atoms with E-state index >= 15 is 0 Å². The summed E-state index contributed by atoms with van der Waals surface area (Å²) < 4.78 is 0. The maximum Gasteiger partial charge on any atom is 0.245 e. The summed E-state index contributed by atoms with van der Waals surface area (Å²) in [6, 6.07) is 8.55. The lowest BCUT2D eigenvalue weighted by atomic mass is 9.97. The zero-order valence-electron chi connectivity index (χ0n) is 13.0. The van der Waals surface area contributed by atoms with Crippen LogP contribution in [0.4, 0.5) is 5.69 Å². The Morgan fingerprint density at radius 3 is 2.95 bits per heavy atom. The summed E-state index contributed by atoms with van der Waals surface area (Å²) in [6.07, 6.45) is 2.95. The van der Waals surface area contributed by atoms with Gasteiger partial charge in [0.05, 0.1) is 0 Å². The van der Waals surface area contributed by atoms with E-state index < -0.39 is 0 Å². The van der Waals surface area contributed by atoms with Gasteiger partial charge in [0.15, 0.2) is 0 Å². The van der Waals surface area contributed by atoms with Crippen LogP contribution in [-0.4, -0.2) is 54.5 Å². The summed E-state index contributed by atoms with van der Waals surface area (Å²) in [5, 5.41) is 3.44. The van der Waals surface area contributed by atoms with Crippen LogP contribution >= 0.6 is 0 Å². The molecule has 21 heavy (non-hydrogen) atoms. The highest BCUT2D eigenvalue weighted by Crippen LogP contribution is 2.25. The minimum atomic E-state index is -0.0641. The molecule has 0 aromatic heterocycles. The Labute approximate surface area is 127 Å². The number of para-hydroxylation sites is 1. The van der Waals surface area contributed by atoms with Crippen molar-refractivity contribution in [1.82, 2.24) is 9.80 Å². The van der Waals surface area contributed by atoms with Gasteiger partial charge in [-0.2, -0.15) is 0 Å². The van der Waals surface area contributed by atoms with Crippen LogP contribution in [0.5, 0.6) is 0 Å². The van der Waals surface area contributed by atoms with Crippen LogP contribution in [0.3, 0.4) is 0 Å². The molecule has 1 aromatic carbocycles. The van der Waals surface area contributed by atoms with Crippen molar-refractivity contribution < 1.29 is 4.79 Å². The fraction of sp³-hybridized carbons (Fsp3) is 0.588. The number of aryl methyl sites for hydroxylation is 1. The van der Waals surface area contributed by atoms with Crippen molar-refractivity contribution in [2.24, 2.45) is 0 Å². The molecule has 2 aliphatic heterocycles. The van der Waals surface area contributed by atoms with E-state index in [1.807, 2.05) is 6.07 Å². The summed E-state index contributed by atoms with van der Waals surface area (Å²) in [5.74, 6) is 0.271. The number of amides is 1. The molecule has 2 unspecified atom stereocenters. The van der Waals surface area contributed by atoms with Gasteiger partial charge in [0.2, 0.25) is 5.91 Å². The van der Waals surface area contributed by atoms with Crippen molar-refractivity contribution >= 4 is 11.6 Å². The third-order valence-corrected chi connectivity index (χ3v) is 4.68. The van der Waals surface area contributed by atoms with Gasteiger partial charge in [-0.05, 0) is 51.4 Å². The number of rotatable bonds is 1. The molecule has 0 aliphatic carbocycles. The molecule has 1 amide bonds. The van der Waals surface area contributed by atoms with Gasteiger partial charge in [-0.25, -0.2) is 0 Å². The van der Waals surface area contributed by atoms with E-state index in [1.165, 1.54) is 5.56 Å². The van der Waals surface area contributed by atoms with E-state index in [4.69, 9.17) is 0 Å². The summed E-state index contributed by atoms with van der Waals surface area (Å²) in [5.41, 5.74) is 2.45. The predicted octanol–water partition coefficient (Wildman–Crippen LogP) is 1.97. The van der Waals surface area contributed by atoms with E-state index in [0.717, 1.165) is 44.6 Å². The summed E-state index contributed by atoms with van der Waals surface area (Å²) in [7, 11) is 2.14. The van der Waals surface area contributed by atoms with Gasteiger partial charge in [-0.15, -0.1) is 0 Å². The molecule has 0 saturated carbocycles. The monoisotopic (exact) mass is 287 g/mol. The third kappa shape index (κ3) is 3.05. The molecule has 2 aliphatic rings. The number of nitrogens with zero attached hydrogens (tertiary/aromatic N) is 2. The summed E-state index contributed by atoms with van der Waals surface area (Å²) >= 11 is 0. The van der Waals surface area contributed by atoms with E-state index in [0.29, 0.717) is 6.04 Å². The molecule has 2 atom stereocenters. The molecule has 0 spiro atoms. The van der Waals surface area contributed by atoms with E-state index in [-0.39, 0.29) is 11.9 Å². The molecular weight excluding hydrogens is 262 g/mol. The van der Waals surface area contributed by atoms with Crippen molar-refractivity contribution in [3.63, 3.8) is 0 Å². The van der Waals surface area contributed by atoms with Gasteiger partial charge in [0.1, 0.15) is 6.04 Å². The Bertz CT molecular complexity index is 517. The maximum atomic E-state index is 12.9. The second-order valence-electron chi connectivity index (χ2n) is 6.39. The Morgan fingerprint density at radius 1 is 1.29 bits per heavy atom. The average Bonchev–Trinajstić information content (AvgIpc) is 2.66. The highest BCUT2D eigenvalue weighted by atomic mass is 16.2. The smallest absolute Gasteiger partial charge is 0.245 e. The maximum absolute atomic E-state index is 12.9. The first kappa shape index (κ1) is 14.4. The largest absolute Gasteiger partial charge is 0.373 e. The number of carbonyl (C=O) groups excluding carboxylic acids is 1. The van der Waals surface area contributed by atoms with Crippen molar-refractivity contribution in [3.05, 3.63) is 29.8 Å². The van der Waals surface area contributed by atoms with Crippen LogP contribution in [0.1, 0.15) is 25.3 Å². The quantitative estimate of drug-likeness (QED) is 0.858.